The molecule has 110 valence electrons. The summed E-state index contributed by atoms with van der Waals surface area (Å²) in [4.78, 5) is 25.8. The van der Waals surface area contributed by atoms with Crippen LogP contribution in [0.25, 0.3) is 10.9 Å². The predicted octanol–water partition coefficient (Wildman–Crippen LogP) is 2.81. The summed E-state index contributed by atoms with van der Waals surface area (Å²) >= 11 is 0. The van der Waals surface area contributed by atoms with Gasteiger partial charge in [-0.1, -0.05) is 13.3 Å². The number of aliphatic carboxylic acids is 1. The number of carbonyl (C=O) groups is 1. The van der Waals surface area contributed by atoms with Crippen LogP contribution in [-0.4, -0.2) is 27.0 Å². The van der Waals surface area contributed by atoms with Crippen molar-refractivity contribution < 1.29 is 14.8 Å². The van der Waals surface area contributed by atoms with Gasteiger partial charge in [0.1, 0.15) is 11.6 Å². The molecule has 1 aromatic heterocycles. The van der Waals surface area contributed by atoms with Crippen LogP contribution in [0.4, 0.5) is 11.4 Å². The normalized spacial score (nSPS) is 12.0. The van der Waals surface area contributed by atoms with E-state index in [1.54, 1.807) is 12.1 Å². The number of pyridine rings is 1. The molecule has 0 aliphatic heterocycles. The number of aromatic nitrogens is 1. The average molecular weight is 289 g/mol. The van der Waals surface area contributed by atoms with Gasteiger partial charge in [0.15, 0.2) is 0 Å². The van der Waals surface area contributed by atoms with Crippen molar-refractivity contribution in [1.29, 1.82) is 0 Å². The molecule has 2 rings (SSSR count). The molecular weight excluding hydrogens is 274 g/mol. The van der Waals surface area contributed by atoms with E-state index in [0.29, 0.717) is 23.9 Å². The van der Waals surface area contributed by atoms with Crippen molar-refractivity contribution in [3.05, 3.63) is 40.6 Å². The molecule has 7 heteroatoms. The Bertz CT molecular complexity index is 687. The predicted molar refractivity (Wildman–Crippen MR) is 78.4 cm³/mol. The minimum atomic E-state index is -0.952. The minimum absolute atomic E-state index is 0.0986. The van der Waals surface area contributed by atoms with Crippen molar-refractivity contribution in [2.75, 3.05) is 5.32 Å². The van der Waals surface area contributed by atoms with Gasteiger partial charge in [0.05, 0.1) is 4.92 Å². The third kappa shape index (κ3) is 3.07. The van der Waals surface area contributed by atoms with Crippen molar-refractivity contribution in [2.45, 2.75) is 25.8 Å². The van der Waals surface area contributed by atoms with Gasteiger partial charge in [-0.3, -0.25) is 10.1 Å². The Morgan fingerprint density at radius 3 is 2.86 bits per heavy atom. The van der Waals surface area contributed by atoms with Gasteiger partial charge in [-0.25, -0.2) is 9.78 Å². The molecule has 2 N–H and O–H groups in total. The van der Waals surface area contributed by atoms with Gasteiger partial charge in [-0.2, -0.15) is 0 Å². The zero-order valence-corrected chi connectivity index (χ0v) is 11.4. The molecule has 1 unspecified atom stereocenters. The highest BCUT2D eigenvalue weighted by atomic mass is 16.6. The molecule has 0 amide bonds. The number of carboxylic acid groups (broad SMARTS) is 1. The minimum Gasteiger partial charge on any atom is -0.480 e. The lowest BCUT2D eigenvalue weighted by atomic mass is 10.1. The molecule has 1 aromatic carbocycles. The first-order chi connectivity index (χ1) is 10.0. The lowest BCUT2D eigenvalue weighted by Gasteiger charge is -2.16. The number of hydrogen-bond donors (Lipinski definition) is 2. The number of nitro groups is 1. The molecular formula is C14H15N3O4. The molecule has 1 heterocycles. The van der Waals surface area contributed by atoms with Crippen molar-refractivity contribution in [3.63, 3.8) is 0 Å². The molecule has 0 spiro atoms. The van der Waals surface area contributed by atoms with E-state index in [2.05, 4.69) is 10.3 Å². The fourth-order valence-electron chi connectivity index (χ4n) is 2.16. The second-order valence-electron chi connectivity index (χ2n) is 4.61. The lowest BCUT2D eigenvalue weighted by molar-refractivity contribution is -0.383. The highest BCUT2D eigenvalue weighted by molar-refractivity contribution is 5.97. The molecule has 0 saturated heterocycles. The summed E-state index contributed by atoms with van der Waals surface area (Å²) in [5, 5.41) is 23.7. The molecule has 0 radical (unpaired) electrons. The summed E-state index contributed by atoms with van der Waals surface area (Å²) in [5.41, 5.74) is 0.677. The summed E-state index contributed by atoms with van der Waals surface area (Å²) < 4.78 is 0. The second kappa shape index (κ2) is 6.17. The number of fused-ring (bicyclic) bond motifs is 1. The van der Waals surface area contributed by atoms with E-state index in [1.807, 2.05) is 6.92 Å². The van der Waals surface area contributed by atoms with Gasteiger partial charge >= 0.3 is 5.97 Å². The Morgan fingerprint density at radius 2 is 2.24 bits per heavy atom. The third-order valence-electron chi connectivity index (χ3n) is 3.15. The number of carboxylic acids is 1. The Balaban J connectivity index is 2.48. The fourth-order valence-corrected chi connectivity index (χ4v) is 2.16. The molecule has 21 heavy (non-hydrogen) atoms. The number of hydrogen-bond acceptors (Lipinski definition) is 5. The molecule has 0 bridgehead atoms. The van der Waals surface area contributed by atoms with Crippen molar-refractivity contribution in [2.24, 2.45) is 0 Å². The van der Waals surface area contributed by atoms with Crippen molar-refractivity contribution >= 4 is 28.2 Å². The number of benzene rings is 1. The van der Waals surface area contributed by atoms with Gasteiger partial charge in [-0.15, -0.1) is 0 Å². The smallest absolute Gasteiger partial charge is 0.326 e. The molecule has 0 saturated carbocycles. The summed E-state index contributed by atoms with van der Waals surface area (Å²) in [6.07, 6.45) is 2.65. The van der Waals surface area contributed by atoms with Crippen LogP contribution >= 0.6 is 0 Å². The van der Waals surface area contributed by atoms with Crippen LogP contribution in [0.3, 0.4) is 0 Å². The topological polar surface area (TPSA) is 105 Å². The van der Waals surface area contributed by atoms with Gasteiger partial charge < -0.3 is 10.4 Å². The maximum atomic E-state index is 11.2. The Morgan fingerprint density at radius 1 is 1.48 bits per heavy atom. The zero-order chi connectivity index (χ0) is 15.4. The quantitative estimate of drug-likeness (QED) is 0.625. The van der Waals surface area contributed by atoms with Gasteiger partial charge in [-0.05, 0) is 24.6 Å². The van der Waals surface area contributed by atoms with E-state index in [1.165, 1.54) is 18.3 Å². The number of nitrogens with zero attached hydrogens (tertiary/aromatic N) is 2. The van der Waals surface area contributed by atoms with Crippen LogP contribution in [-0.2, 0) is 4.79 Å². The van der Waals surface area contributed by atoms with Gasteiger partial charge in [0.25, 0.3) is 5.69 Å². The van der Waals surface area contributed by atoms with Crippen LogP contribution in [0.1, 0.15) is 19.8 Å². The number of anilines is 1. The highest BCUT2D eigenvalue weighted by Gasteiger charge is 2.20. The van der Waals surface area contributed by atoms with Crippen molar-refractivity contribution in [1.82, 2.24) is 4.98 Å². The lowest BCUT2D eigenvalue weighted by Crippen LogP contribution is -2.29. The monoisotopic (exact) mass is 289 g/mol. The van der Waals surface area contributed by atoms with Gasteiger partial charge in [0.2, 0.25) is 0 Å². The van der Waals surface area contributed by atoms with Crippen LogP contribution in [0, 0.1) is 10.1 Å². The summed E-state index contributed by atoms with van der Waals surface area (Å²) in [5.74, 6) is -0.952. The first-order valence-electron chi connectivity index (χ1n) is 6.56. The number of rotatable bonds is 6. The van der Waals surface area contributed by atoms with E-state index in [4.69, 9.17) is 0 Å². The summed E-state index contributed by atoms with van der Waals surface area (Å²) in [6, 6.07) is 5.46. The van der Waals surface area contributed by atoms with E-state index in [0.717, 1.165) is 0 Å². The Kier molecular flexibility index (Phi) is 4.32. The molecule has 0 fully saturated rings. The maximum absolute atomic E-state index is 11.2. The number of nitro benzene ring substituents is 1. The van der Waals surface area contributed by atoms with Crippen LogP contribution in [0.15, 0.2) is 30.5 Å². The Hall–Kier alpha value is -2.70. The first kappa shape index (κ1) is 14.7. The third-order valence-corrected chi connectivity index (χ3v) is 3.15. The first-order valence-corrected chi connectivity index (χ1v) is 6.56. The molecule has 0 aliphatic rings. The number of nitrogens with one attached hydrogen (secondary N) is 1. The van der Waals surface area contributed by atoms with E-state index < -0.39 is 16.9 Å². The van der Waals surface area contributed by atoms with Crippen LogP contribution < -0.4 is 5.32 Å². The maximum Gasteiger partial charge on any atom is 0.326 e. The van der Waals surface area contributed by atoms with Crippen molar-refractivity contribution in [3.8, 4) is 0 Å². The standard InChI is InChI=1S/C14H15N3O4/c1-2-4-11(14(18)19)16-10-6-7-12(17(20)21)13-9(10)5-3-8-15-13/h3,5-8,11,16H,2,4H2,1H3,(H,18,19). The van der Waals surface area contributed by atoms with Crippen LogP contribution in [0.2, 0.25) is 0 Å². The zero-order valence-electron chi connectivity index (χ0n) is 11.4. The van der Waals surface area contributed by atoms with E-state index >= 15 is 0 Å². The number of non-ortho nitro benzene ring substituents is 1. The second-order valence-corrected chi connectivity index (χ2v) is 4.61. The highest BCUT2D eigenvalue weighted by Crippen LogP contribution is 2.30. The van der Waals surface area contributed by atoms with E-state index in [9.17, 15) is 20.0 Å². The fraction of sp³-hybridized carbons (Fsp3) is 0.286. The van der Waals surface area contributed by atoms with Gasteiger partial charge in [0, 0.05) is 23.3 Å². The molecule has 1 atom stereocenters. The molecule has 7 nitrogen and oxygen atoms in total. The van der Waals surface area contributed by atoms with Crippen LogP contribution in [0.5, 0.6) is 0 Å². The largest absolute Gasteiger partial charge is 0.480 e. The summed E-state index contributed by atoms with van der Waals surface area (Å²) in [7, 11) is 0. The summed E-state index contributed by atoms with van der Waals surface area (Å²) in [6.45, 7) is 1.90. The molecule has 2 aromatic rings. The molecule has 0 aliphatic carbocycles. The SMILES string of the molecule is CCCC(Nc1ccc([N+](=O)[O-])c2ncccc12)C(=O)O. The van der Waals surface area contributed by atoms with E-state index in [-0.39, 0.29) is 11.2 Å². The average Bonchev–Trinajstić information content (AvgIpc) is 2.46. The Labute approximate surface area is 120 Å².